The van der Waals surface area contributed by atoms with Gasteiger partial charge in [0.25, 0.3) is 5.97 Å². The molecule has 0 radical (unpaired) electrons. The third kappa shape index (κ3) is 3.76. The van der Waals surface area contributed by atoms with E-state index in [1.54, 1.807) is 7.11 Å². The van der Waals surface area contributed by atoms with Gasteiger partial charge in [-0.1, -0.05) is 20.8 Å². The molecular formula is C8H17BO3. The highest BCUT2D eigenvalue weighted by Crippen LogP contribution is 2.21. The van der Waals surface area contributed by atoms with Crippen molar-refractivity contribution < 1.29 is 14.1 Å². The first-order valence-electron chi connectivity index (χ1n) is 4.19. The zero-order chi connectivity index (χ0) is 9.72. The minimum Gasteiger partial charge on any atom is -0.510 e. The molecule has 0 aromatic carbocycles. The summed E-state index contributed by atoms with van der Waals surface area (Å²) in [4.78, 5) is 10.6. The number of carbonyl (C=O) groups is 1. The second-order valence-corrected chi connectivity index (χ2v) is 3.32. The predicted octanol–water partition coefficient (Wildman–Crippen LogP) is 1.73. The van der Waals surface area contributed by atoms with Crippen molar-refractivity contribution in [1.29, 1.82) is 0 Å². The summed E-state index contributed by atoms with van der Waals surface area (Å²) in [6, 6.07) is 0. The fourth-order valence-corrected chi connectivity index (χ4v) is 0.848. The molecule has 0 aromatic rings. The van der Waals surface area contributed by atoms with Crippen molar-refractivity contribution in [3.8, 4) is 0 Å². The Bertz CT molecular complexity index is 147. The van der Waals surface area contributed by atoms with E-state index >= 15 is 0 Å². The molecule has 0 N–H and O–H groups in total. The summed E-state index contributed by atoms with van der Waals surface area (Å²) in [6.07, 6.45) is 0. The van der Waals surface area contributed by atoms with E-state index < -0.39 is 7.12 Å². The molecule has 0 saturated heterocycles. The van der Waals surface area contributed by atoms with Crippen molar-refractivity contribution in [3.63, 3.8) is 0 Å². The minimum absolute atomic E-state index is 0.221. The number of hydrogen-bond acceptors (Lipinski definition) is 3. The lowest BCUT2D eigenvalue weighted by Gasteiger charge is -2.20. The highest BCUT2D eigenvalue weighted by molar-refractivity contribution is 6.48. The van der Waals surface area contributed by atoms with Crippen molar-refractivity contribution in [2.24, 2.45) is 5.92 Å². The van der Waals surface area contributed by atoms with Crippen LogP contribution in [0.3, 0.4) is 0 Å². The maximum Gasteiger partial charge on any atom is 0.530 e. The average Bonchev–Trinajstić information content (AvgIpc) is 1.98. The molecule has 0 saturated carbocycles. The zero-order valence-corrected chi connectivity index (χ0v) is 8.46. The molecule has 70 valence electrons. The van der Waals surface area contributed by atoms with E-state index in [2.05, 4.69) is 13.8 Å². The molecular weight excluding hydrogens is 155 g/mol. The molecule has 0 fully saturated rings. The molecule has 0 bridgehead atoms. The summed E-state index contributed by atoms with van der Waals surface area (Å²) >= 11 is 0. The number of hydrogen-bond donors (Lipinski definition) is 0. The van der Waals surface area contributed by atoms with Gasteiger partial charge in [-0.2, -0.15) is 0 Å². The van der Waals surface area contributed by atoms with Crippen LogP contribution in [-0.2, 0) is 14.1 Å². The molecule has 0 spiro atoms. The van der Waals surface area contributed by atoms with Crippen LogP contribution < -0.4 is 0 Å². The van der Waals surface area contributed by atoms with Crippen molar-refractivity contribution in [2.45, 2.75) is 33.5 Å². The number of rotatable bonds is 4. The molecule has 1 unspecified atom stereocenters. The van der Waals surface area contributed by atoms with Gasteiger partial charge >= 0.3 is 7.12 Å². The van der Waals surface area contributed by atoms with E-state index in [0.29, 0.717) is 5.92 Å². The molecule has 0 amide bonds. The van der Waals surface area contributed by atoms with Gasteiger partial charge in [-0.3, -0.25) is 4.79 Å². The Hall–Kier alpha value is -0.505. The SMILES string of the molecule is COB(OC(C)=O)C(C)C(C)C. The lowest BCUT2D eigenvalue weighted by molar-refractivity contribution is -0.133. The van der Waals surface area contributed by atoms with Crippen molar-refractivity contribution in [2.75, 3.05) is 7.11 Å². The second kappa shape index (κ2) is 5.20. The summed E-state index contributed by atoms with van der Waals surface area (Å²) < 4.78 is 10.0. The van der Waals surface area contributed by atoms with Crippen LogP contribution in [0.1, 0.15) is 27.7 Å². The van der Waals surface area contributed by atoms with Gasteiger partial charge in [0.1, 0.15) is 0 Å². The van der Waals surface area contributed by atoms with E-state index in [0.717, 1.165) is 0 Å². The Balaban J connectivity index is 4.04. The molecule has 0 aliphatic rings. The van der Waals surface area contributed by atoms with Crippen LogP contribution in [0.5, 0.6) is 0 Å². The highest BCUT2D eigenvalue weighted by Gasteiger charge is 2.30. The van der Waals surface area contributed by atoms with Gasteiger partial charge in [-0.25, -0.2) is 0 Å². The standard InChI is InChI=1S/C8H17BO3/c1-6(2)7(3)9(11-5)12-8(4)10/h6-7H,1-5H3. The Labute approximate surface area is 74.6 Å². The number of carbonyl (C=O) groups excluding carboxylic acids is 1. The first-order chi connectivity index (χ1) is 5.49. The van der Waals surface area contributed by atoms with Gasteiger partial charge in [0.05, 0.1) is 0 Å². The summed E-state index contributed by atoms with van der Waals surface area (Å²) in [5.74, 6) is 0.363. The first-order valence-corrected chi connectivity index (χ1v) is 4.19. The molecule has 0 aromatic heterocycles. The predicted molar refractivity (Wildman–Crippen MR) is 48.8 cm³/mol. The highest BCUT2D eigenvalue weighted by atomic mass is 16.6. The van der Waals surface area contributed by atoms with Crippen molar-refractivity contribution >= 4 is 13.1 Å². The molecule has 0 rings (SSSR count). The minimum atomic E-state index is -0.414. The fraction of sp³-hybridized carbons (Fsp3) is 0.875. The van der Waals surface area contributed by atoms with Gasteiger partial charge in [0.15, 0.2) is 0 Å². The van der Waals surface area contributed by atoms with Crippen LogP contribution in [0.15, 0.2) is 0 Å². The van der Waals surface area contributed by atoms with Gasteiger partial charge in [0.2, 0.25) is 0 Å². The topological polar surface area (TPSA) is 35.5 Å². The van der Waals surface area contributed by atoms with Crippen LogP contribution >= 0.6 is 0 Å². The van der Waals surface area contributed by atoms with Crippen LogP contribution in [-0.4, -0.2) is 20.2 Å². The lowest BCUT2D eigenvalue weighted by atomic mass is 9.67. The van der Waals surface area contributed by atoms with E-state index in [9.17, 15) is 4.79 Å². The van der Waals surface area contributed by atoms with Crippen molar-refractivity contribution in [1.82, 2.24) is 0 Å². The van der Waals surface area contributed by atoms with E-state index in [1.807, 2.05) is 6.92 Å². The van der Waals surface area contributed by atoms with Gasteiger partial charge in [-0.15, -0.1) is 0 Å². The summed E-state index contributed by atoms with van der Waals surface area (Å²) in [6.45, 7) is 7.53. The Morgan fingerprint density at radius 1 is 1.33 bits per heavy atom. The second-order valence-electron chi connectivity index (χ2n) is 3.32. The van der Waals surface area contributed by atoms with Gasteiger partial charge in [-0.05, 0) is 5.92 Å². The van der Waals surface area contributed by atoms with E-state index in [4.69, 9.17) is 9.31 Å². The largest absolute Gasteiger partial charge is 0.530 e. The van der Waals surface area contributed by atoms with Gasteiger partial charge in [0, 0.05) is 19.9 Å². The maximum atomic E-state index is 10.6. The van der Waals surface area contributed by atoms with E-state index in [-0.39, 0.29) is 11.8 Å². The van der Waals surface area contributed by atoms with Crippen LogP contribution in [0.4, 0.5) is 0 Å². The molecule has 0 aliphatic heterocycles. The molecule has 0 heterocycles. The third-order valence-corrected chi connectivity index (χ3v) is 2.00. The molecule has 12 heavy (non-hydrogen) atoms. The summed E-state index contributed by atoms with van der Waals surface area (Å²) in [5, 5.41) is 0. The summed E-state index contributed by atoms with van der Waals surface area (Å²) in [5.41, 5.74) is 0. The molecule has 1 atom stereocenters. The quantitative estimate of drug-likeness (QED) is 0.605. The summed E-state index contributed by atoms with van der Waals surface area (Å²) in [7, 11) is 1.13. The molecule has 0 aliphatic carbocycles. The lowest BCUT2D eigenvalue weighted by Crippen LogP contribution is -2.30. The smallest absolute Gasteiger partial charge is 0.510 e. The normalized spacial score (nSPS) is 12.8. The average molecular weight is 172 g/mol. The van der Waals surface area contributed by atoms with Crippen molar-refractivity contribution in [3.05, 3.63) is 0 Å². The zero-order valence-electron chi connectivity index (χ0n) is 8.46. The third-order valence-electron chi connectivity index (χ3n) is 2.00. The molecule has 4 heteroatoms. The van der Waals surface area contributed by atoms with Crippen LogP contribution in [0, 0.1) is 5.92 Å². The van der Waals surface area contributed by atoms with Crippen LogP contribution in [0.25, 0.3) is 0 Å². The Morgan fingerprint density at radius 2 is 1.83 bits per heavy atom. The van der Waals surface area contributed by atoms with Crippen LogP contribution in [0.2, 0.25) is 5.82 Å². The van der Waals surface area contributed by atoms with Gasteiger partial charge < -0.3 is 9.31 Å². The first kappa shape index (κ1) is 11.5. The van der Waals surface area contributed by atoms with E-state index in [1.165, 1.54) is 6.92 Å². The fourth-order valence-electron chi connectivity index (χ4n) is 0.848. The maximum absolute atomic E-state index is 10.6. The molecule has 3 nitrogen and oxygen atoms in total. The Morgan fingerprint density at radius 3 is 2.08 bits per heavy atom. The monoisotopic (exact) mass is 172 g/mol. The Kier molecular flexibility index (Phi) is 4.98.